The number of guanidine groups is 1. The van der Waals surface area contributed by atoms with E-state index in [0.717, 1.165) is 17.5 Å². The first-order chi connectivity index (χ1) is 11.6. The lowest BCUT2D eigenvalue weighted by atomic mass is 10.2. The Balaban J connectivity index is 1.77. The topological polar surface area (TPSA) is 92.5 Å². The average Bonchev–Trinajstić information content (AvgIpc) is 2.60. The summed E-state index contributed by atoms with van der Waals surface area (Å²) < 4.78 is 0. The molecule has 0 saturated carbocycles. The summed E-state index contributed by atoms with van der Waals surface area (Å²) in [6.45, 7) is 1.23. The smallest absolute Gasteiger partial charge is 0.269 e. The Labute approximate surface area is 144 Å². The minimum Gasteiger partial charge on any atom is -0.356 e. The molecule has 0 aliphatic rings. The van der Waals surface area contributed by atoms with Gasteiger partial charge in [0.1, 0.15) is 5.15 Å². The van der Waals surface area contributed by atoms with E-state index in [1.807, 2.05) is 6.07 Å². The summed E-state index contributed by atoms with van der Waals surface area (Å²) in [7, 11) is 1.69. The number of nitro benzene ring substituents is 1. The lowest BCUT2D eigenvalue weighted by Crippen LogP contribution is -2.37. The molecule has 7 nitrogen and oxygen atoms in total. The van der Waals surface area contributed by atoms with Gasteiger partial charge in [-0.05, 0) is 23.6 Å². The van der Waals surface area contributed by atoms with Crippen LogP contribution in [0.2, 0.25) is 5.15 Å². The molecule has 1 aromatic carbocycles. The average molecular weight is 348 g/mol. The number of aromatic nitrogens is 1. The van der Waals surface area contributed by atoms with Crippen molar-refractivity contribution in [3.05, 3.63) is 69.0 Å². The van der Waals surface area contributed by atoms with Crippen LogP contribution >= 0.6 is 11.6 Å². The van der Waals surface area contributed by atoms with E-state index in [4.69, 9.17) is 11.6 Å². The highest BCUT2D eigenvalue weighted by Gasteiger charge is 2.04. The van der Waals surface area contributed by atoms with Crippen LogP contribution in [0.3, 0.4) is 0 Å². The molecule has 8 heteroatoms. The molecular formula is C16H18ClN5O2. The number of nitro groups is 1. The third-order valence-electron chi connectivity index (χ3n) is 3.33. The van der Waals surface area contributed by atoms with Gasteiger partial charge in [0.05, 0.1) is 4.92 Å². The largest absolute Gasteiger partial charge is 0.356 e. The van der Waals surface area contributed by atoms with E-state index in [2.05, 4.69) is 20.6 Å². The Hall–Kier alpha value is -2.67. The molecule has 0 unspecified atom stereocenters. The summed E-state index contributed by atoms with van der Waals surface area (Å²) in [4.78, 5) is 18.4. The number of hydrogen-bond donors (Lipinski definition) is 2. The van der Waals surface area contributed by atoms with Gasteiger partial charge >= 0.3 is 0 Å². The number of rotatable bonds is 6. The van der Waals surface area contributed by atoms with Gasteiger partial charge in [0.15, 0.2) is 5.96 Å². The molecule has 0 amide bonds. The van der Waals surface area contributed by atoms with Crippen molar-refractivity contribution in [2.75, 3.05) is 13.6 Å². The molecule has 126 valence electrons. The molecule has 0 bridgehead atoms. The SMILES string of the molecule is CN=C(NCCc1ccc(Cl)nc1)NCc1ccc([N+](=O)[O-])cc1. The van der Waals surface area contributed by atoms with Crippen LogP contribution in [-0.2, 0) is 13.0 Å². The third kappa shape index (κ3) is 5.51. The fourth-order valence-corrected chi connectivity index (χ4v) is 2.13. The van der Waals surface area contributed by atoms with Crippen molar-refractivity contribution in [2.24, 2.45) is 4.99 Å². The van der Waals surface area contributed by atoms with Crippen LogP contribution in [0.1, 0.15) is 11.1 Å². The van der Waals surface area contributed by atoms with Gasteiger partial charge in [0.25, 0.3) is 5.69 Å². The van der Waals surface area contributed by atoms with Crippen molar-refractivity contribution in [3.8, 4) is 0 Å². The van der Waals surface area contributed by atoms with Crippen LogP contribution in [0.25, 0.3) is 0 Å². The maximum atomic E-state index is 10.6. The van der Waals surface area contributed by atoms with E-state index in [0.29, 0.717) is 24.2 Å². The molecule has 1 aromatic heterocycles. The van der Waals surface area contributed by atoms with E-state index >= 15 is 0 Å². The van der Waals surface area contributed by atoms with E-state index in [-0.39, 0.29) is 5.69 Å². The molecule has 2 rings (SSSR count). The summed E-state index contributed by atoms with van der Waals surface area (Å²) >= 11 is 5.75. The van der Waals surface area contributed by atoms with Crippen molar-refractivity contribution < 1.29 is 4.92 Å². The Bertz CT molecular complexity index is 701. The number of hydrogen-bond acceptors (Lipinski definition) is 4. The monoisotopic (exact) mass is 347 g/mol. The van der Waals surface area contributed by atoms with E-state index in [9.17, 15) is 10.1 Å². The second kappa shape index (κ2) is 8.83. The Kier molecular flexibility index (Phi) is 6.51. The van der Waals surface area contributed by atoms with Crippen molar-refractivity contribution in [1.82, 2.24) is 15.6 Å². The fraction of sp³-hybridized carbons (Fsp3) is 0.250. The molecule has 2 aromatic rings. The standard InChI is InChI=1S/C16H18ClN5O2/c1-18-16(19-9-8-13-4-7-15(17)20-10-13)21-11-12-2-5-14(6-3-12)22(23)24/h2-7,10H,8-9,11H2,1H3,(H2,18,19,21). The van der Waals surface area contributed by atoms with Crippen LogP contribution in [0.15, 0.2) is 47.6 Å². The van der Waals surface area contributed by atoms with Gasteiger partial charge in [-0.15, -0.1) is 0 Å². The molecule has 0 aliphatic carbocycles. The van der Waals surface area contributed by atoms with Crippen LogP contribution in [0, 0.1) is 10.1 Å². The lowest BCUT2D eigenvalue weighted by molar-refractivity contribution is -0.384. The summed E-state index contributed by atoms with van der Waals surface area (Å²) in [5.41, 5.74) is 2.10. The first-order valence-corrected chi connectivity index (χ1v) is 7.74. The van der Waals surface area contributed by atoms with Crippen molar-refractivity contribution >= 4 is 23.2 Å². The molecule has 0 atom stereocenters. The van der Waals surface area contributed by atoms with Crippen molar-refractivity contribution in [2.45, 2.75) is 13.0 Å². The number of benzene rings is 1. The number of pyridine rings is 1. The van der Waals surface area contributed by atoms with E-state index < -0.39 is 4.92 Å². The van der Waals surface area contributed by atoms with Gasteiger partial charge in [0.2, 0.25) is 0 Å². The molecule has 0 radical (unpaired) electrons. The van der Waals surface area contributed by atoms with Crippen molar-refractivity contribution in [3.63, 3.8) is 0 Å². The first kappa shape index (κ1) is 17.7. The van der Waals surface area contributed by atoms with Gasteiger partial charge < -0.3 is 10.6 Å². The number of nitrogens with zero attached hydrogens (tertiary/aromatic N) is 3. The van der Waals surface area contributed by atoms with Gasteiger partial charge in [-0.1, -0.05) is 29.8 Å². The molecule has 0 saturated heterocycles. The number of nitrogens with one attached hydrogen (secondary N) is 2. The zero-order valence-corrected chi connectivity index (χ0v) is 14.0. The van der Waals surface area contributed by atoms with Gasteiger partial charge in [-0.3, -0.25) is 15.1 Å². The molecule has 2 N–H and O–H groups in total. The molecular weight excluding hydrogens is 330 g/mol. The maximum Gasteiger partial charge on any atom is 0.269 e. The molecule has 0 fully saturated rings. The van der Waals surface area contributed by atoms with Gasteiger partial charge in [-0.2, -0.15) is 0 Å². The second-order valence-corrected chi connectivity index (χ2v) is 5.40. The summed E-state index contributed by atoms with van der Waals surface area (Å²) in [5.74, 6) is 0.662. The highest BCUT2D eigenvalue weighted by Crippen LogP contribution is 2.11. The molecule has 0 aliphatic heterocycles. The fourth-order valence-electron chi connectivity index (χ4n) is 2.02. The maximum absolute atomic E-state index is 10.6. The van der Waals surface area contributed by atoms with Crippen LogP contribution < -0.4 is 10.6 Å². The highest BCUT2D eigenvalue weighted by molar-refractivity contribution is 6.29. The Morgan fingerprint density at radius 2 is 1.92 bits per heavy atom. The molecule has 24 heavy (non-hydrogen) atoms. The second-order valence-electron chi connectivity index (χ2n) is 5.02. The number of aliphatic imine (C=N–C) groups is 1. The first-order valence-electron chi connectivity index (χ1n) is 7.37. The number of halogens is 1. The minimum absolute atomic E-state index is 0.0813. The van der Waals surface area contributed by atoms with Gasteiger partial charge in [-0.25, -0.2) is 4.98 Å². The normalized spacial score (nSPS) is 11.2. The molecule has 1 heterocycles. The van der Waals surface area contributed by atoms with Gasteiger partial charge in [0, 0.05) is 38.5 Å². The zero-order chi connectivity index (χ0) is 17.4. The lowest BCUT2D eigenvalue weighted by Gasteiger charge is -2.12. The summed E-state index contributed by atoms with van der Waals surface area (Å²) in [6, 6.07) is 10.1. The Morgan fingerprint density at radius 3 is 2.50 bits per heavy atom. The van der Waals surface area contributed by atoms with E-state index in [1.165, 1.54) is 12.1 Å². The summed E-state index contributed by atoms with van der Waals surface area (Å²) in [6.07, 6.45) is 2.54. The van der Waals surface area contributed by atoms with Crippen LogP contribution in [-0.4, -0.2) is 29.5 Å². The van der Waals surface area contributed by atoms with Crippen LogP contribution in [0.4, 0.5) is 5.69 Å². The number of non-ortho nitro benzene ring substituents is 1. The quantitative estimate of drug-likeness (QED) is 0.275. The zero-order valence-electron chi connectivity index (χ0n) is 13.2. The molecule has 0 spiro atoms. The predicted octanol–water partition coefficient (Wildman–Crippen LogP) is 2.55. The minimum atomic E-state index is -0.413. The summed E-state index contributed by atoms with van der Waals surface area (Å²) in [5, 5.41) is 17.5. The predicted molar refractivity (Wildman–Crippen MR) is 94.2 cm³/mol. The highest BCUT2D eigenvalue weighted by atomic mass is 35.5. The Morgan fingerprint density at radius 1 is 1.21 bits per heavy atom. The third-order valence-corrected chi connectivity index (χ3v) is 3.55. The van der Waals surface area contributed by atoms with E-state index in [1.54, 1.807) is 31.4 Å². The van der Waals surface area contributed by atoms with Crippen molar-refractivity contribution in [1.29, 1.82) is 0 Å². The van der Waals surface area contributed by atoms with Crippen LogP contribution in [0.5, 0.6) is 0 Å².